The van der Waals surface area contributed by atoms with E-state index in [1.54, 1.807) is 32.2 Å². The van der Waals surface area contributed by atoms with E-state index in [0.717, 1.165) is 0 Å². The van der Waals surface area contributed by atoms with Crippen LogP contribution in [0.2, 0.25) is 0 Å². The molecule has 2 rings (SSSR count). The second-order valence-electron chi connectivity index (χ2n) is 3.96. The van der Waals surface area contributed by atoms with Crippen LogP contribution in [-0.2, 0) is 11.3 Å². The average molecular weight is 281 g/mol. The highest BCUT2D eigenvalue weighted by Gasteiger charge is 2.18. The molecular weight excluding hydrogens is 266 g/mol. The van der Waals surface area contributed by atoms with Crippen LogP contribution in [0.25, 0.3) is 0 Å². The van der Waals surface area contributed by atoms with Crippen molar-refractivity contribution in [1.82, 2.24) is 20.2 Å². The van der Waals surface area contributed by atoms with Gasteiger partial charge in [-0.3, -0.25) is 4.79 Å². The first-order valence-electron chi connectivity index (χ1n) is 5.71. The predicted octanol–water partition coefficient (Wildman–Crippen LogP) is 0.690. The van der Waals surface area contributed by atoms with Crippen LogP contribution in [0.4, 0.5) is 0 Å². The minimum absolute atomic E-state index is 0.109. The molecule has 0 aromatic carbocycles. The Balaban J connectivity index is 1.87. The molecule has 2 heterocycles. The molecule has 2 aromatic heterocycles. The van der Waals surface area contributed by atoms with Gasteiger partial charge in [0.2, 0.25) is 11.1 Å². The highest BCUT2D eigenvalue weighted by Crippen LogP contribution is 2.20. The summed E-state index contributed by atoms with van der Waals surface area (Å²) in [4.78, 5) is 11.9. The summed E-state index contributed by atoms with van der Waals surface area (Å²) in [6.07, 6.45) is 1.57. The fourth-order valence-corrected chi connectivity index (χ4v) is 2.21. The van der Waals surface area contributed by atoms with Gasteiger partial charge in [-0.25, -0.2) is 4.68 Å². The van der Waals surface area contributed by atoms with Crippen molar-refractivity contribution in [2.45, 2.75) is 30.8 Å². The molecule has 0 unspecified atom stereocenters. The first-order chi connectivity index (χ1) is 9.08. The van der Waals surface area contributed by atoms with Gasteiger partial charge in [0.05, 0.1) is 18.1 Å². The molecule has 0 radical (unpaired) electrons. The minimum atomic E-state index is -0.319. The van der Waals surface area contributed by atoms with Crippen molar-refractivity contribution in [2.75, 3.05) is 5.84 Å². The predicted molar refractivity (Wildman–Crippen MR) is 70.8 cm³/mol. The smallest absolute Gasteiger partial charge is 0.233 e. The van der Waals surface area contributed by atoms with Crippen molar-refractivity contribution in [2.24, 2.45) is 0 Å². The Morgan fingerprint density at radius 2 is 2.42 bits per heavy atom. The SMILES string of the molecule is Cc1nnc(S[C@@H](C)C(=O)NCc2ccco2)n1N. The number of carbonyl (C=O) groups excluding carboxylic acids is 1. The Morgan fingerprint density at radius 3 is 3.00 bits per heavy atom. The maximum absolute atomic E-state index is 11.9. The zero-order valence-corrected chi connectivity index (χ0v) is 11.5. The molecular formula is C11H15N5O2S. The van der Waals surface area contributed by atoms with E-state index in [0.29, 0.717) is 23.3 Å². The van der Waals surface area contributed by atoms with E-state index < -0.39 is 0 Å². The van der Waals surface area contributed by atoms with Crippen LogP contribution < -0.4 is 11.2 Å². The molecule has 1 amide bonds. The zero-order valence-electron chi connectivity index (χ0n) is 10.7. The van der Waals surface area contributed by atoms with E-state index in [9.17, 15) is 4.79 Å². The van der Waals surface area contributed by atoms with E-state index >= 15 is 0 Å². The Bertz CT molecular complexity index is 551. The van der Waals surface area contributed by atoms with Crippen LogP contribution in [0.15, 0.2) is 28.0 Å². The first-order valence-corrected chi connectivity index (χ1v) is 6.59. The van der Waals surface area contributed by atoms with Crippen molar-refractivity contribution in [3.05, 3.63) is 30.0 Å². The molecule has 3 N–H and O–H groups in total. The quantitative estimate of drug-likeness (QED) is 0.618. The molecule has 1 atom stereocenters. The highest BCUT2D eigenvalue weighted by atomic mass is 32.2. The summed E-state index contributed by atoms with van der Waals surface area (Å²) in [6, 6.07) is 3.58. The fraction of sp³-hybridized carbons (Fsp3) is 0.364. The van der Waals surface area contributed by atoms with Gasteiger partial charge in [-0.05, 0) is 26.0 Å². The Kier molecular flexibility index (Phi) is 4.10. The van der Waals surface area contributed by atoms with Gasteiger partial charge in [0, 0.05) is 0 Å². The lowest BCUT2D eigenvalue weighted by Crippen LogP contribution is -2.30. The maximum Gasteiger partial charge on any atom is 0.233 e. The van der Waals surface area contributed by atoms with Crippen LogP contribution in [0.5, 0.6) is 0 Å². The lowest BCUT2D eigenvalue weighted by molar-refractivity contribution is -0.120. The summed E-state index contributed by atoms with van der Waals surface area (Å²) < 4.78 is 6.50. The van der Waals surface area contributed by atoms with Gasteiger partial charge in [-0.2, -0.15) is 0 Å². The molecule has 7 nitrogen and oxygen atoms in total. The number of aromatic nitrogens is 3. The van der Waals surface area contributed by atoms with Gasteiger partial charge in [-0.15, -0.1) is 10.2 Å². The number of hydrogen-bond donors (Lipinski definition) is 2. The standard InChI is InChI=1S/C11H15N5O2S/c1-7(19-11-15-14-8(2)16(11)12)10(17)13-6-9-4-3-5-18-9/h3-5,7H,6,12H2,1-2H3,(H,13,17)/t7-/m0/s1. The van der Waals surface area contributed by atoms with Gasteiger partial charge >= 0.3 is 0 Å². The second-order valence-corrected chi connectivity index (χ2v) is 5.26. The summed E-state index contributed by atoms with van der Waals surface area (Å²) in [5.41, 5.74) is 0. The summed E-state index contributed by atoms with van der Waals surface area (Å²) in [7, 11) is 0. The zero-order chi connectivity index (χ0) is 13.8. The van der Waals surface area contributed by atoms with Crippen molar-refractivity contribution in [3.63, 3.8) is 0 Å². The normalized spacial score (nSPS) is 12.3. The number of nitrogen functional groups attached to an aromatic ring is 1. The molecule has 0 aliphatic heterocycles. The van der Waals surface area contributed by atoms with E-state index in [1.165, 1.54) is 16.4 Å². The van der Waals surface area contributed by atoms with Gasteiger partial charge < -0.3 is 15.6 Å². The van der Waals surface area contributed by atoms with E-state index in [2.05, 4.69) is 15.5 Å². The van der Waals surface area contributed by atoms with Gasteiger partial charge in [0.15, 0.2) is 0 Å². The Morgan fingerprint density at radius 1 is 1.63 bits per heavy atom. The number of amides is 1. The second kappa shape index (κ2) is 5.79. The van der Waals surface area contributed by atoms with Crippen molar-refractivity contribution in [3.8, 4) is 0 Å². The van der Waals surface area contributed by atoms with Crippen LogP contribution in [0, 0.1) is 6.92 Å². The van der Waals surface area contributed by atoms with Gasteiger partial charge in [0.25, 0.3) is 0 Å². The molecule has 0 spiro atoms. The van der Waals surface area contributed by atoms with E-state index in [1.807, 2.05) is 0 Å². The molecule has 19 heavy (non-hydrogen) atoms. The number of nitrogens with zero attached hydrogens (tertiary/aromatic N) is 3. The molecule has 0 aliphatic rings. The monoisotopic (exact) mass is 281 g/mol. The molecule has 102 valence electrons. The molecule has 0 fully saturated rings. The summed E-state index contributed by atoms with van der Waals surface area (Å²) in [5.74, 6) is 6.93. The molecule has 8 heteroatoms. The number of nitrogens with two attached hydrogens (primary N) is 1. The van der Waals surface area contributed by atoms with Crippen LogP contribution in [0.1, 0.15) is 18.5 Å². The molecule has 0 aliphatic carbocycles. The first kappa shape index (κ1) is 13.5. The number of nitrogens with one attached hydrogen (secondary N) is 1. The third kappa shape index (κ3) is 3.28. The topological polar surface area (TPSA) is 99.0 Å². The number of thioether (sulfide) groups is 1. The lowest BCUT2D eigenvalue weighted by Gasteiger charge is -2.10. The summed E-state index contributed by atoms with van der Waals surface area (Å²) in [5, 5.41) is 10.7. The summed E-state index contributed by atoms with van der Waals surface area (Å²) >= 11 is 1.26. The molecule has 0 saturated carbocycles. The van der Waals surface area contributed by atoms with Crippen molar-refractivity contribution in [1.29, 1.82) is 0 Å². The third-order valence-electron chi connectivity index (χ3n) is 2.50. The average Bonchev–Trinajstić information content (AvgIpc) is 3.01. The molecule has 2 aromatic rings. The van der Waals surface area contributed by atoms with Crippen LogP contribution in [0.3, 0.4) is 0 Å². The number of rotatable bonds is 5. The number of carbonyl (C=O) groups is 1. The third-order valence-corrected chi connectivity index (χ3v) is 3.56. The van der Waals surface area contributed by atoms with Crippen molar-refractivity contribution >= 4 is 17.7 Å². The highest BCUT2D eigenvalue weighted by molar-refractivity contribution is 8.00. The maximum atomic E-state index is 11.9. The minimum Gasteiger partial charge on any atom is -0.467 e. The van der Waals surface area contributed by atoms with Crippen molar-refractivity contribution < 1.29 is 9.21 Å². The molecule has 0 bridgehead atoms. The number of hydrogen-bond acceptors (Lipinski definition) is 6. The Hall–Kier alpha value is -1.96. The van der Waals surface area contributed by atoms with Gasteiger partial charge in [0.1, 0.15) is 11.6 Å². The van der Waals surface area contributed by atoms with Gasteiger partial charge in [-0.1, -0.05) is 11.8 Å². The summed E-state index contributed by atoms with van der Waals surface area (Å²) in [6.45, 7) is 3.90. The van der Waals surface area contributed by atoms with Crippen LogP contribution in [-0.4, -0.2) is 26.0 Å². The molecule has 0 saturated heterocycles. The Labute approximate surface area is 114 Å². The number of aryl methyl sites for hydroxylation is 1. The largest absolute Gasteiger partial charge is 0.467 e. The van der Waals surface area contributed by atoms with E-state index in [-0.39, 0.29) is 11.2 Å². The van der Waals surface area contributed by atoms with Crippen LogP contribution >= 0.6 is 11.8 Å². The number of furan rings is 1. The van der Waals surface area contributed by atoms with E-state index in [4.69, 9.17) is 10.3 Å². The fourth-order valence-electron chi connectivity index (χ4n) is 1.37. The lowest BCUT2D eigenvalue weighted by atomic mass is 10.4.